The van der Waals surface area contributed by atoms with Crippen molar-refractivity contribution in [3.05, 3.63) is 0 Å². The maximum atomic E-state index is 10.5. The number of nitrogens with zero attached hydrogens (tertiary/aromatic N) is 2. The molecule has 0 spiro atoms. The van der Waals surface area contributed by atoms with E-state index in [-0.39, 0.29) is 6.42 Å². The van der Waals surface area contributed by atoms with Crippen LogP contribution in [0.25, 0.3) is 0 Å². The molecule has 4 heteroatoms. The summed E-state index contributed by atoms with van der Waals surface area (Å²) in [5.74, 6) is -0.697. The van der Waals surface area contributed by atoms with Gasteiger partial charge in [-0.25, -0.2) is 0 Å². The highest BCUT2D eigenvalue weighted by molar-refractivity contribution is 5.66. The van der Waals surface area contributed by atoms with E-state index in [1.54, 1.807) is 0 Å². The quantitative estimate of drug-likeness (QED) is 0.783. The average Bonchev–Trinajstić information content (AvgIpc) is 2.14. The molecular weight excluding hydrogens is 204 g/mol. The molecule has 94 valence electrons. The lowest BCUT2D eigenvalue weighted by atomic mass is 9.96. The van der Waals surface area contributed by atoms with Gasteiger partial charge in [0, 0.05) is 39.3 Å². The minimum atomic E-state index is -0.697. The Morgan fingerprint density at radius 1 is 1.12 bits per heavy atom. The number of carboxylic acids is 1. The van der Waals surface area contributed by atoms with E-state index in [0.29, 0.717) is 12.0 Å². The van der Waals surface area contributed by atoms with E-state index in [4.69, 9.17) is 5.11 Å². The number of rotatable bonds is 4. The number of hydrogen-bond acceptors (Lipinski definition) is 3. The Hall–Kier alpha value is -0.610. The predicted molar refractivity (Wildman–Crippen MR) is 64.6 cm³/mol. The van der Waals surface area contributed by atoms with Crippen molar-refractivity contribution < 1.29 is 9.90 Å². The van der Waals surface area contributed by atoms with Gasteiger partial charge in [-0.3, -0.25) is 4.79 Å². The van der Waals surface area contributed by atoms with Crippen LogP contribution in [0.2, 0.25) is 0 Å². The molecule has 0 radical (unpaired) electrons. The first kappa shape index (κ1) is 13.5. The summed E-state index contributed by atoms with van der Waals surface area (Å²) in [7, 11) is 0. The zero-order valence-electron chi connectivity index (χ0n) is 10.7. The van der Waals surface area contributed by atoms with Crippen LogP contribution in [0.1, 0.15) is 27.2 Å². The lowest BCUT2D eigenvalue weighted by molar-refractivity contribution is -0.137. The Morgan fingerprint density at radius 2 is 1.62 bits per heavy atom. The lowest BCUT2D eigenvalue weighted by Crippen LogP contribution is -2.48. The van der Waals surface area contributed by atoms with Crippen LogP contribution in [0.5, 0.6) is 0 Å². The molecular formula is C12H24N2O2. The third-order valence-corrected chi connectivity index (χ3v) is 2.80. The van der Waals surface area contributed by atoms with E-state index in [2.05, 4.69) is 30.6 Å². The Balaban J connectivity index is 2.21. The van der Waals surface area contributed by atoms with E-state index < -0.39 is 5.97 Å². The molecule has 1 aliphatic rings. The molecule has 0 aromatic heterocycles. The van der Waals surface area contributed by atoms with Gasteiger partial charge in [0.05, 0.1) is 6.42 Å². The second-order valence-electron chi connectivity index (χ2n) is 5.82. The summed E-state index contributed by atoms with van der Waals surface area (Å²) in [4.78, 5) is 15.2. The van der Waals surface area contributed by atoms with Gasteiger partial charge in [-0.1, -0.05) is 20.8 Å². The molecule has 1 N–H and O–H groups in total. The molecule has 1 fully saturated rings. The van der Waals surface area contributed by atoms with Gasteiger partial charge in [-0.15, -0.1) is 0 Å². The predicted octanol–water partition coefficient (Wildman–Crippen LogP) is 1.12. The van der Waals surface area contributed by atoms with Gasteiger partial charge in [0.2, 0.25) is 0 Å². The Bertz CT molecular complexity index is 228. The SMILES string of the molecule is CC(C)(C)CN1CCN(CCC(=O)O)CC1. The van der Waals surface area contributed by atoms with E-state index >= 15 is 0 Å². The van der Waals surface area contributed by atoms with Crippen molar-refractivity contribution in [2.45, 2.75) is 27.2 Å². The molecule has 1 heterocycles. The number of hydrogen-bond donors (Lipinski definition) is 1. The van der Waals surface area contributed by atoms with Crippen LogP contribution in [0.15, 0.2) is 0 Å². The lowest BCUT2D eigenvalue weighted by Gasteiger charge is -2.37. The standard InChI is InChI=1S/C12H24N2O2/c1-12(2,3)10-14-8-6-13(7-9-14)5-4-11(15)16/h4-10H2,1-3H3,(H,15,16). The highest BCUT2D eigenvalue weighted by Gasteiger charge is 2.21. The van der Waals surface area contributed by atoms with Gasteiger partial charge in [-0.2, -0.15) is 0 Å². The number of carbonyl (C=O) groups is 1. The molecule has 0 aromatic rings. The van der Waals surface area contributed by atoms with Crippen molar-refractivity contribution in [2.75, 3.05) is 39.3 Å². The Kier molecular flexibility index (Phi) is 4.74. The molecule has 1 saturated heterocycles. The van der Waals surface area contributed by atoms with Crippen molar-refractivity contribution in [1.29, 1.82) is 0 Å². The fourth-order valence-electron chi connectivity index (χ4n) is 2.10. The number of carboxylic acid groups (broad SMARTS) is 1. The van der Waals surface area contributed by atoms with Crippen LogP contribution in [-0.2, 0) is 4.79 Å². The second-order valence-corrected chi connectivity index (χ2v) is 5.82. The first-order valence-electron chi connectivity index (χ1n) is 6.03. The van der Waals surface area contributed by atoms with Crippen LogP contribution in [-0.4, -0.2) is 60.1 Å². The molecule has 0 aliphatic carbocycles. The molecule has 0 saturated carbocycles. The molecule has 16 heavy (non-hydrogen) atoms. The maximum absolute atomic E-state index is 10.5. The van der Waals surface area contributed by atoms with Gasteiger partial charge in [0.25, 0.3) is 0 Å². The van der Waals surface area contributed by atoms with Gasteiger partial charge in [-0.05, 0) is 5.41 Å². The summed E-state index contributed by atoms with van der Waals surface area (Å²) in [6.45, 7) is 12.7. The fraction of sp³-hybridized carbons (Fsp3) is 0.917. The Labute approximate surface area is 98.2 Å². The zero-order valence-corrected chi connectivity index (χ0v) is 10.7. The molecule has 0 aromatic carbocycles. The van der Waals surface area contributed by atoms with Crippen LogP contribution >= 0.6 is 0 Å². The highest BCUT2D eigenvalue weighted by Crippen LogP contribution is 2.16. The van der Waals surface area contributed by atoms with Gasteiger partial charge in [0.1, 0.15) is 0 Å². The van der Waals surface area contributed by atoms with E-state index in [1.807, 2.05) is 0 Å². The largest absolute Gasteiger partial charge is 0.481 e. The molecule has 0 atom stereocenters. The van der Waals surface area contributed by atoms with E-state index in [1.165, 1.54) is 0 Å². The summed E-state index contributed by atoms with van der Waals surface area (Å²) < 4.78 is 0. The van der Waals surface area contributed by atoms with Crippen molar-refractivity contribution in [1.82, 2.24) is 9.80 Å². The third-order valence-electron chi connectivity index (χ3n) is 2.80. The first-order valence-corrected chi connectivity index (χ1v) is 6.03. The normalized spacial score (nSPS) is 19.9. The fourth-order valence-corrected chi connectivity index (χ4v) is 2.10. The minimum Gasteiger partial charge on any atom is -0.481 e. The van der Waals surface area contributed by atoms with Crippen LogP contribution in [0.4, 0.5) is 0 Å². The average molecular weight is 228 g/mol. The summed E-state index contributed by atoms with van der Waals surface area (Å²) in [6, 6.07) is 0. The summed E-state index contributed by atoms with van der Waals surface area (Å²) in [5.41, 5.74) is 0.350. The van der Waals surface area contributed by atoms with Crippen molar-refractivity contribution >= 4 is 5.97 Å². The molecule has 0 bridgehead atoms. The van der Waals surface area contributed by atoms with Crippen LogP contribution < -0.4 is 0 Å². The summed E-state index contributed by atoms with van der Waals surface area (Å²) in [5, 5.41) is 8.61. The van der Waals surface area contributed by atoms with Crippen molar-refractivity contribution in [3.8, 4) is 0 Å². The summed E-state index contributed by atoms with van der Waals surface area (Å²) in [6.07, 6.45) is 0.263. The minimum absolute atomic E-state index is 0.263. The molecule has 0 amide bonds. The monoisotopic (exact) mass is 228 g/mol. The molecule has 0 unspecified atom stereocenters. The number of piperazine rings is 1. The molecule has 1 aliphatic heterocycles. The third kappa shape index (κ3) is 5.47. The molecule has 4 nitrogen and oxygen atoms in total. The zero-order chi connectivity index (χ0) is 12.2. The van der Waals surface area contributed by atoms with Crippen LogP contribution in [0, 0.1) is 5.41 Å². The van der Waals surface area contributed by atoms with Crippen molar-refractivity contribution in [2.24, 2.45) is 5.41 Å². The van der Waals surface area contributed by atoms with Crippen molar-refractivity contribution in [3.63, 3.8) is 0 Å². The van der Waals surface area contributed by atoms with Gasteiger partial charge in [0.15, 0.2) is 0 Å². The summed E-state index contributed by atoms with van der Waals surface area (Å²) >= 11 is 0. The van der Waals surface area contributed by atoms with E-state index in [0.717, 1.165) is 32.7 Å². The highest BCUT2D eigenvalue weighted by atomic mass is 16.4. The van der Waals surface area contributed by atoms with Gasteiger partial charge < -0.3 is 14.9 Å². The number of aliphatic carboxylic acids is 1. The smallest absolute Gasteiger partial charge is 0.304 e. The van der Waals surface area contributed by atoms with E-state index in [9.17, 15) is 4.79 Å². The van der Waals surface area contributed by atoms with Gasteiger partial charge >= 0.3 is 5.97 Å². The molecule has 1 rings (SSSR count). The van der Waals surface area contributed by atoms with Crippen LogP contribution in [0.3, 0.4) is 0 Å². The first-order chi connectivity index (χ1) is 7.37. The topological polar surface area (TPSA) is 43.8 Å². The Morgan fingerprint density at radius 3 is 2.06 bits per heavy atom. The maximum Gasteiger partial charge on any atom is 0.304 e. The second kappa shape index (κ2) is 5.64.